The van der Waals surface area contributed by atoms with Gasteiger partial charge in [-0.15, -0.1) is 22.7 Å². The van der Waals surface area contributed by atoms with Crippen LogP contribution in [-0.2, 0) is 0 Å². The maximum absolute atomic E-state index is 7.63. The van der Waals surface area contributed by atoms with Gasteiger partial charge in [0.15, 0.2) is 0 Å². The van der Waals surface area contributed by atoms with Gasteiger partial charge in [-0.1, -0.05) is 96.1 Å². The van der Waals surface area contributed by atoms with Crippen molar-refractivity contribution in [3.63, 3.8) is 0 Å². The zero-order valence-corrected chi connectivity index (χ0v) is 49.9. The molecule has 84 heavy (non-hydrogen) atoms. The van der Waals surface area contributed by atoms with Crippen molar-refractivity contribution in [1.29, 1.82) is 0 Å². The highest BCUT2D eigenvalue weighted by atomic mass is 32.1. The fourth-order valence-electron chi connectivity index (χ4n) is 16.0. The molecule has 6 nitrogen and oxygen atoms in total. The van der Waals surface area contributed by atoms with E-state index in [-0.39, 0.29) is 20.1 Å². The predicted octanol–water partition coefficient (Wildman–Crippen LogP) is 14.1. The van der Waals surface area contributed by atoms with E-state index in [1.165, 1.54) is 130 Å². The van der Waals surface area contributed by atoms with Crippen LogP contribution < -0.4 is 77.3 Å². The number of fused-ring (bicyclic) bond motifs is 16. The molecule has 0 radical (unpaired) electrons. The van der Waals surface area contributed by atoms with Gasteiger partial charge in [-0.3, -0.25) is 0 Å². The monoisotopic (exact) mass is 1120 g/mol. The van der Waals surface area contributed by atoms with Gasteiger partial charge in [0.25, 0.3) is 20.1 Å². The van der Waals surface area contributed by atoms with E-state index < -0.39 is 0 Å². The third-order valence-corrected chi connectivity index (χ3v) is 21.3. The number of benzene rings is 10. The molecule has 2 aromatic heterocycles. The number of rotatable bonds is 3. The molecule has 400 valence electrons. The van der Waals surface area contributed by atoms with Crippen LogP contribution >= 0.6 is 22.7 Å². The Kier molecular flexibility index (Phi) is 9.91. The number of hydrogen-bond donors (Lipinski definition) is 1. The third-order valence-electron chi connectivity index (χ3n) is 18.9. The molecule has 0 unspecified atom stereocenters. The van der Waals surface area contributed by atoms with Gasteiger partial charge in [0.2, 0.25) is 0 Å². The number of aryl methyl sites for hydroxylation is 9. The van der Waals surface area contributed by atoms with E-state index >= 15 is 0 Å². The van der Waals surface area contributed by atoms with Gasteiger partial charge >= 0.3 is 0 Å². The van der Waals surface area contributed by atoms with E-state index in [2.05, 4.69) is 246 Å². The Labute approximate surface area is 498 Å². The summed E-state index contributed by atoms with van der Waals surface area (Å²) in [5.74, 6) is 3.69. The summed E-state index contributed by atoms with van der Waals surface area (Å²) in [6.45, 7) is 19.9. The molecular weight excluding hydrogens is 1060 g/mol. The Morgan fingerprint density at radius 2 is 0.857 bits per heavy atom. The van der Waals surface area contributed by atoms with Crippen molar-refractivity contribution in [2.45, 2.75) is 62.3 Å². The van der Waals surface area contributed by atoms with E-state index in [0.29, 0.717) is 0 Å². The highest BCUT2D eigenvalue weighted by Gasteiger charge is 2.50. The van der Waals surface area contributed by atoms with Gasteiger partial charge in [0, 0.05) is 81.3 Å². The molecule has 0 fully saturated rings. The Morgan fingerprint density at radius 3 is 1.52 bits per heavy atom. The summed E-state index contributed by atoms with van der Waals surface area (Å²) in [4.78, 5) is 7.68. The van der Waals surface area contributed by atoms with Crippen LogP contribution in [0.3, 0.4) is 0 Å². The first-order chi connectivity index (χ1) is 40.8. The topological polar surface area (TPSA) is 40.2 Å². The van der Waals surface area contributed by atoms with Gasteiger partial charge in [-0.05, 0) is 212 Å². The fraction of sp³-hybridized carbons (Fsp3) is 0.123. The quantitative estimate of drug-likeness (QED) is 0.178. The van der Waals surface area contributed by atoms with Gasteiger partial charge in [-0.2, -0.15) is 0 Å². The van der Waals surface area contributed by atoms with Crippen molar-refractivity contribution < 1.29 is 9.47 Å². The number of nitrogens with one attached hydrogen (secondary N) is 1. The maximum atomic E-state index is 7.63. The largest absolute Gasteiger partial charge is 0.458 e. The molecular formula is C73H55B3N4O2S2. The van der Waals surface area contributed by atoms with E-state index in [1.54, 1.807) is 0 Å². The molecule has 10 aromatic carbocycles. The number of thiophene rings is 2. The second-order valence-electron chi connectivity index (χ2n) is 24.7. The first kappa shape index (κ1) is 48.6. The van der Waals surface area contributed by atoms with Crippen LogP contribution in [0.5, 0.6) is 23.0 Å². The van der Waals surface area contributed by atoms with Gasteiger partial charge in [0.05, 0.1) is 17.1 Å². The van der Waals surface area contributed by atoms with Crippen LogP contribution in [0, 0.1) is 62.3 Å². The normalized spacial score (nSPS) is 14.2. The lowest BCUT2D eigenvalue weighted by Gasteiger charge is -2.45. The van der Waals surface area contributed by atoms with Gasteiger partial charge < -0.3 is 29.5 Å². The molecule has 18 rings (SSSR count). The van der Waals surface area contributed by atoms with Crippen LogP contribution in [0.15, 0.2) is 164 Å². The molecule has 11 heteroatoms. The van der Waals surface area contributed by atoms with E-state index in [4.69, 9.17) is 9.47 Å². The lowest BCUT2D eigenvalue weighted by molar-refractivity contribution is 0.487. The van der Waals surface area contributed by atoms with Crippen molar-refractivity contribution in [1.82, 2.24) is 0 Å². The zero-order valence-electron chi connectivity index (χ0n) is 48.3. The predicted molar refractivity (Wildman–Crippen MR) is 361 cm³/mol. The first-order valence-electron chi connectivity index (χ1n) is 29.4. The maximum Gasteiger partial charge on any atom is 0.268 e. The van der Waals surface area contributed by atoms with Crippen molar-refractivity contribution in [3.8, 4) is 23.0 Å². The van der Waals surface area contributed by atoms with Gasteiger partial charge in [0.1, 0.15) is 23.0 Å². The molecule has 8 heterocycles. The Bertz CT molecular complexity index is 4960. The summed E-state index contributed by atoms with van der Waals surface area (Å²) in [5.41, 5.74) is 32.7. The van der Waals surface area contributed by atoms with Crippen LogP contribution in [0.25, 0.3) is 20.2 Å². The van der Waals surface area contributed by atoms with Crippen LogP contribution in [0.1, 0.15) is 50.1 Å². The minimum Gasteiger partial charge on any atom is -0.458 e. The summed E-state index contributed by atoms with van der Waals surface area (Å²) in [6.07, 6.45) is 0. The third kappa shape index (κ3) is 6.54. The van der Waals surface area contributed by atoms with Crippen LogP contribution in [-0.4, -0.2) is 20.1 Å². The fourth-order valence-corrected chi connectivity index (χ4v) is 18.6. The highest BCUT2D eigenvalue weighted by Crippen LogP contribution is 2.51. The standard InChI is InChI=1S/C73H55B3N4O2S2/c1-37-23-42(6)68(43(7)24-37)79-55-35-53-49(75-65-54(77-53)27-39(3)28-57(65)78(46-17-11-10-12-18-46)70-47-19-13-15-21-63(47)83-72(70)75)33-50(55)74-52-34-51-56(36-60(52)81-61-31-40(4)29-58(79)66(61)74)80(69-44(8)25-38(2)26-45(69)9)59-30-41(5)32-62-67(59)76(51)73-71(82-62)48-20-14-16-22-64(48)84-73/h10-36,77H,1-9H3. The second kappa shape index (κ2) is 17.1. The van der Waals surface area contributed by atoms with Crippen LogP contribution in [0.2, 0.25) is 0 Å². The summed E-state index contributed by atoms with van der Waals surface area (Å²) in [5, 5.41) is 6.61. The molecule has 0 spiro atoms. The van der Waals surface area contributed by atoms with E-state index in [9.17, 15) is 0 Å². The van der Waals surface area contributed by atoms with Gasteiger partial charge in [-0.25, -0.2) is 0 Å². The second-order valence-corrected chi connectivity index (χ2v) is 26.8. The lowest BCUT2D eigenvalue weighted by Crippen LogP contribution is -2.65. The SMILES string of the molecule is Cc1cc(C)c(N2c3cc4c(cc3B3c5cc6c(cc5Oc5cc(C)cc2c53)N(c2c(C)cc(C)cc2C)c2cc(C)cc3c2B6c2sc5ccccc5c2O3)B2c3sc5ccccc5c3N(c3ccccc3)c3cc(C)cc(c32)N4)c(C)c1. The summed E-state index contributed by atoms with van der Waals surface area (Å²) in [6, 6.07) is 62.4. The number of para-hydroxylation sites is 1. The lowest BCUT2D eigenvalue weighted by atomic mass is 9.30. The Balaban J connectivity index is 0.942. The summed E-state index contributed by atoms with van der Waals surface area (Å²) < 4.78 is 20.0. The van der Waals surface area contributed by atoms with Crippen molar-refractivity contribution in [2.24, 2.45) is 0 Å². The smallest absolute Gasteiger partial charge is 0.268 e. The Hall–Kier alpha value is -8.89. The molecule has 12 aromatic rings. The summed E-state index contributed by atoms with van der Waals surface area (Å²) in [7, 11) is 0. The number of anilines is 11. The Morgan fingerprint density at radius 1 is 0.357 bits per heavy atom. The zero-order chi connectivity index (χ0) is 56.5. The minimum absolute atomic E-state index is 0.0379. The molecule has 0 atom stereocenters. The average Bonchev–Trinajstić information content (AvgIpc) is 1.03. The first-order valence-corrected chi connectivity index (χ1v) is 31.0. The van der Waals surface area contributed by atoms with Crippen molar-refractivity contribution >= 4 is 173 Å². The number of ether oxygens (including phenoxy) is 2. The molecule has 0 bridgehead atoms. The van der Waals surface area contributed by atoms with E-state index in [1.807, 2.05) is 22.7 Å². The molecule has 1 N–H and O–H groups in total. The molecule has 6 aliphatic heterocycles. The number of nitrogens with zero attached hydrogens (tertiary/aromatic N) is 3. The minimum atomic E-state index is -0.186. The summed E-state index contributed by atoms with van der Waals surface area (Å²) >= 11 is 3.82. The van der Waals surface area contributed by atoms with E-state index in [0.717, 1.165) is 73.6 Å². The molecule has 0 amide bonds. The molecule has 0 saturated carbocycles. The van der Waals surface area contributed by atoms with Crippen molar-refractivity contribution in [3.05, 3.63) is 214 Å². The van der Waals surface area contributed by atoms with Crippen LogP contribution in [0.4, 0.5) is 62.6 Å². The molecule has 0 saturated heterocycles. The number of hydrogen-bond acceptors (Lipinski definition) is 8. The average molecular weight is 1120 g/mol. The highest BCUT2D eigenvalue weighted by molar-refractivity contribution is 7.34. The molecule has 0 aliphatic carbocycles. The molecule has 6 aliphatic rings. The van der Waals surface area contributed by atoms with Crippen molar-refractivity contribution in [2.75, 3.05) is 20.0 Å².